The van der Waals surface area contributed by atoms with E-state index in [0.717, 1.165) is 16.5 Å². The Labute approximate surface area is 114 Å². The average molecular weight is 271 g/mol. The molecule has 0 unspecified atom stereocenters. The molecule has 0 bridgehead atoms. The molecule has 7 nitrogen and oxygen atoms in total. The smallest absolute Gasteiger partial charge is 0.364 e. The second kappa shape index (κ2) is 5.14. The molecule has 3 rings (SSSR count). The van der Waals surface area contributed by atoms with Crippen LogP contribution in [0.4, 0.5) is 0 Å². The molecule has 0 saturated heterocycles. The third kappa shape index (κ3) is 2.39. The van der Waals surface area contributed by atoms with Gasteiger partial charge < -0.3 is 10.5 Å². The molecule has 0 aliphatic heterocycles. The van der Waals surface area contributed by atoms with Gasteiger partial charge in [-0.2, -0.15) is 9.61 Å². The Morgan fingerprint density at radius 2 is 2.00 bits per heavy atom. The fraction of sp³-hybridized carbons (Fsp3) is 0.154. The quantitative estimate of drug-likeness (QED) is 0.728. The van der Waals surface area contributed by atoms with Crippen molar-refractivity contribution >= 4 is 5.65 Å². The van der Waals surface area contributed by atoms with Crippen LogP contribution in [0.2, 0.25) is 0 Å². The molecule has 0 atom stereocenters. The number of hydrogen-bond acceptors (Lipinski definition) is 5. The number of nitrogens with one attached hydrogen (secondary N) is 1. The van der Waals surface area contributed by atoms with E-state index in [1.54, 1.807) is 12.1 Å². The van der Waals surface area contributed by atoms with Crippen molar-refractivity contribution in [2.24, 2.45) is 5.73 Å². The number of benzene rings is 1. The first-order valence-electron chi connectivity index (χ1n) is 6.17. The number of hydrogen-bond donors (Lipinski definition) is 2. The highest BCUT2D eigenvalue weighted by Crippen LogP contribution is 2.19. The lowest BCUT2D eigenvalue weighted by Gasteiger charge is -2.05. The van der Waals surface area contributed by atoms with Crippen LogP contribution in [0.15, 0.2) is 41.2 Å². The topological polar surface area (TPSA) is 98.3 Å². The maximum absolute atomic E-state index is 11.4. The first-order valence-corrected chi connectivity index (χ1v) is 6.17. The van der Waals surface area contributed by atoms with Crippen molar-refractivity contribution in [1.82, 2.24) is 19.8 Å². The summed E-state index contributed by atoms with van der Waals surface area (Å²) in [4.78, 5) is 11.4. The van der Waals surface area contributed by atoms with Gasteiger partial charge in [-0.05, 0) is 36.7 Å². The van der Waals surface area contributed by atoms with E-state index in [1.165, 1.54) is 0 Å². The van der Waals surface area contributed by atoms with Gasteiger partial charge in [0.15, 0.2) is 5.65 Å². The van der Waals surface area contributed by atoms with Gasteiger partial charge in [-0.15, -0.1) is 5.10 Å². The summed E-state index contributed by atoms with van der Waals surface area (Å²) < 4.78 is 6.75. The molecular formula is C13H13N5O2. The zero-order valence-electron chi connectivity index (χ0n) is 10.6. The molecule has 0 radical (unpaired) electrons. The predicted molar refractivity (Wildman–Crippen MR) is 72.9 cm³/mol. The van der Waals surface area contributed by atoms with E-state index in [-0.39, 0.29) is 0 Å². The van der Waals surface area contributed by atoms with Crippen molar-refractivity contribution < 1.29 is 4.74 Å². The van der Waals surface area contributed by atoms with Gasteiger partial charge in [0.05, 0.1) is 0 Å². The summed E-state index contributed by atoms with van der Waals surface area (Å²) in [7, 11) is 0. The number of nitrogens with zero attached hydrogens (tertiary/aromatic N) is 3. The molecule has 0 aliphatic rings. The molecule has 2 aromatic heterocycles. The Balaban J connectivity index is 1.84. The van der Waals surface area contributed by atoms with E-state index in [2.05, 4.69) is 15.3 Å². The number of fused-ring (bicyclic) bond motifs is 1. The Hall–Kier alpha value is -2.67. The lowest BCUT2D eigenvalue weighted by molar-refractivity contribution is 0.451. The molecule has 7 heteroatoms. The van der Waals surface area contributed by atoms with Crippen molar-refractivity contribution in [2.45, 2.75) is 6.42 Å². The van der Waals surface area contributed by atoms with Gasteiger partial charge in [0.1, 0.15) is 5.75 Å². The molecule has 0 fully saturated rings. The summed E-state index contributed by atoms with van der Waals surface area (Å²) in [6.45, 7) is 0.613. The van der Waals surface area contributed by atoms with Gasteiger partial charge in [0.25, 0.3) is 0 Å². The summed E-state index contributed by atoms with van der Waals surface area (Å²) >= 11 is 0. The van der Waals surface area contributed by atoms with Crippen LogP contribution < -0.4 is 16.2 Å². The van der Waals surface area contributed by atoms with E-state index in [0.29, 0.717) is 23.8 Å². The molecule has 3 N–H and O–H groups in total. The zero-order valence-corrected chi connectivity index (χ0v) is 10.6. The summed E-state index contributed by atoms with van der Waals surface area (Å²) in [5, 5.41) is 10.2. The van der Waals surface area contributed by atoms with Crippen LogP contribution >= 0.6 is 0 Å². The number of nitrogens with two attached hydrogens (primary N) is 1. The minimum Gasteiger partial charge on any atom is -0.438 e. The Bertz CT molecular complexity index is 775. The van der Waals surface area contributed by atoms with Crippen molar-refractivity contribution in [2.75, 3.05) is 6.54 Å². The van der Waals surface area contributed by atoms with Crippen LogP contribution in [0.25, 0.3) is 5.65 Å². The number of H-pyrrole nitrogens is 1. The minimum atomic E-state index is -0.399. The Kier molecular flexibility index (Phi) is 3.18. The second-order valence-electron chi connectivity index (χ2n) is 4.26. The van der Waals surface area contributed by atoms with Crippen molar-refractivity contribution in [1.29, 1.82) is 0 Å². The number of ether oxygens (including phenoxy) is 1. The first-order chi connectivity index (χ1) is 9.76. The average Bonchev–Trinajstić information content (AvgIpc) is 2.83. The monoisotopic (exact) mass is 271 g/mol. The highest BCUT2D eigenvalue weighted by atomic mass is 16.5. The number of aromatic amines is 1. The van der Waals surface area contributed by atoms with E-state index in [9.17, 15) is 4.79 Å². The van der Waals surface area contributed by atoms with Crippen LogP contribution in [0, 0.1) is 0 Å². The lowest BCUT2D eigenvalue weighted by Crippen LogP contribution is -2.12. The first kappa shape index (κ1) is 12.4. The standard InChI is InChI=1S/C13H13N5O2/c14-8-7-9-1-3-10(4-2-9)20-12-6-5-11-15-16-13(19)18(11)17-12/h1-6H,7-8,14H2,(H,16,19). The molecule has 0 spiro atoms. The van der Waals surface area contributed by atoms with Gasteiger partial charge >= 0.3 is 5.69 Å². The summed E-state index contributed by atoms with van der Waals surface area (Å²) in [6.07, 6.45) is 0.828. The molecule has 0 aliphatic carbocycles. The van der Waals surface area contributed by atoms with E-state index < -0.39 is 5.69 Å². The van der Waals surface area contributed by atoms with E-state index in [4.69, 9.17) is 10.5 Å². The fourth-order valence-corrected chi connectivity index (χ4v) is 1.85. The van der Waals surface area contributed by atoms with Crippen LogP contribution in [0.3, 0.4) is 0 Å². The Morgan fingerprint density at radius 3 is 2.75 bits per heavy atom. The van der Waals surface area contributed by atoms with Gasteiger partial charge in [-0.3, -0.25) is 0 Å². The summed E-state index contributed by atoms with van der Waals surface area (Å²) in [6, 6.07) is 10.9. The third-order valence-electron chi connectivity index (χ3n) is 2.83. The highest BCUT2D eigenvalue weighted by Gasteiger charge is 2.04. The molecule has 3 aromatic rings. The van der Waals surface area contributed by atoms with Crippen LogP contribution in [0.5, 0.6) is 11.6 Å². The molecule has 102 valence electrons. The van der Waals surface area contributed by atoms with E-state index in [1.807, 2.05) is 24.3 Å². The van der Waals surface area contributed by atoms with Crippen LogP contribution in [-0.2, 0) is 6.42 Å². The van der Waals surface area contributed by atoms with Gasteiger partial charge in [0.2, 0.25) is 5.88 Å². The van der Waals surface area contributed by atoms with Crippen LogP contribution in [-0.4, -0.2) is 26.4 Å². The van der Waals surface area contributed by atoms with Gasteiger partial charge in [-0.1, -0.05) is 12.1 Å². The normalized spacial score (nSPS) is 10.8. The fourth-order valence-electron chi connectivity index (χ4n) is 1.85. The third-order valence-corrected chi connectivity index (χ3v) is 2.83. The molecule has 0 saturated carbocycles. The maximum Gasteiger partial charge on any atom is 0.364 e. The Morgan fingerprint density at radius 1 is 1.20 bits per heavy atom. The maximum atomic E-state index is 11.4. The van der Waals surface area contributed by atoms with Crippen LogP contribution in [0.1, 0.15) is 5.56 Å². The molecular weight excluding hydrogens is 258 g/mol. The molecule has 1 aromatic carbocycles. The minimum absolute atomic E-state index is 0.326. The van der Waals surface area contributed by atoms with Crippen molar-refractivity contribution in [3.8, 4) is 11.6 Å². The van der Waals surface area contributed by atoms with Crippen molar-refractivity contribution in [3.05, 3.63) is 52.4 Å². The second-order valence-corrected chi connectivity index (χ2v) is 4.26. The number of aromatic nitrogens is 4. The molecule has 20 heavy (non-hydrogen) atoms. The largest absolute Gasteiger partial charge is 0.438 e. The van der Waals surface area contributed by atoms with Gasteiger partial charge in [0, 0.05) is 6.07 Å². The lowest BCUT2D eigenvalue weighted by atomic mass is 10.1. The van der Waals surface area contributed by atoms with E-state index >= 15 is 0 Å². The van der Waals surface area contributed by atoms with Gasteiger partial charge in [-0.25, -0.2) is 9.89 Å². The molecule has 0 amide bonds. The number of rotatable bonds is 4. The highest BCUT2D eigenvalue weighted by molar-refractivity contribution is 5.37. The van der Waals surface area contributed by atoms with Crippen molar-refractivity contribution in [3.63, 3.8) is 0 Å². The predicted octanol–water partition coefficient (Wildman–Crippen LogP) is 0.711. The SMILES string of the molecule is NCCc1ccc(Oc2ccc3n[nH]c(=O)n3n2)cc1. The molecule has 2 heterocycles. The summed E-state index contributed by atoms with van der Waals surface area (Å²) in [5.74, 6) is 0.974. The zero-order chi connectivity index (χ0) is 13.9. The summed E-state index contributed by atoms with van der Waals surface area (Å²) in [5.41, 5.74) is 6.69.